The Morgan fingerprint density at radius 3 is 2.44 bits per heavy atom. The fourth-order valence-electron chi connectivity index (χ4n) is 4.35. The van der Waals surface area contributed by atoms with Gasteiger partial charge in [-0.15, -0.1) is 0 Å². The summed E-state index contributed by atoms with van der Waals surface area (Å²) < 4.78 is 13.2. The van der Waals surface area contributed by atoms with E-state index in [1.165, 1.54) is 0 Å². The number of carbonyl (C=O) groups excluding carboxylic acids is 2. The van der Waals surface area contributed by atoms with Crippen LogP contribution in [0.25, 0.3) is 23.0 Å². The largest absolute Gasteiger partial charge is 0.486 e. The lowest BCUT2D eigenvalue weighted by Gasteiger charge is -2.30. The van der Waals surface area contributed by atoms with Crippen molar-refractivity contribution in [3.05, 3.63) is 77.0 Å². The Kier molecular flexibility index (Phi) is 5.90. The summed E-state index contributed by atoms with van der Waals surface area (Å²) in [7, 11) is 0. The van der Waals surface area contributed by atoms with Gasteiger partial charge >= 0.3 is 0 Å². The molecule has 0 N–H and O–H groups in total. The first-order valence-corrected chi connectivity index (χ1v) is 11.6. The zero-order valence-corrected chi connectivity index (χ0v) is 20.2. The predicted molar refractivity (Wildman–Crippen MR) is 133 cm³/mol. The fourth-order valence-corrected chi connectivity index (χ4v) is 4.35. The number of fused-ring (bicyclic) bond motifs is 1. The van der Waals surface area contributed by atoms with Crippen LogP contribution < -0.4 is 9.47 Å². The van der Waals surface area contributed by atoms with E-state index in [1.807, 2.05) is 60.8 Å². The van der Waals surface area contributed by atoms with Crippen LogP contribution >= 0.6 is 0 Å². The summed E-state index contributed by atoms with van der Waals surface area (Å²) in [4.78, 5) is 27.3. The maximum Gasteiger partial charge on any atom is 0.271 e. The van der Waals surface area contributed by atoms with E-state index in [-0.39, 0.29) is 11.1 Å². The van der Waals surface area contributed by atoms with Gasteiger partial charge < -0.3 is 9.47 Å². The Morgan fingerprint density at radius 1 is 1.03 bits per heavy atom. The molecule has 2 aliphatic rings. The molecule has 2 aromatic carbocycles. The normalized spacial score (nSPS) is 16.6. The molecule has 0 fully saturated rings. The van der Waals surface area contributed by atoms with E-state index < -0.39 is 17.9 Å². The molecule has 2 amide bonds. The van der Waals surface area contributed by atoms with Crippen molar-refractivity contribution in [3.63, 3.8) is 0 Å². The third-order valence-corrected chi connectivity index (χ3v) is 6.17. The Balaban J connectivity index is 1.70. The van der Waals surface area contributed by atoms with Crippen molar-refractivity contribution in [2.24, 2.45) is 0 Å². The third kappa shape index (κ3) is 3.95. The summed E-state index contributed by atoms with van der Waals surface area (Å²) in [5, 5.41) is 14.5. The quantitative estimate of drug-likeness (QED) is 0.408. The first kappa shape index (κ1) is 23.1. The standard InChI is InChI=1S/C28H24N4O4/c1-17(2)32-27(33)22(18(3)23(15-29)28(32)34)13-20-16-31(21-7-5-4-6-8-21)30-26(20)19-9-10-24-25(14-19)36-12-11-35-24/h4-10,13-14,16-17H,11-12H2,1-3H3/b22-13+. The van der Waals surface area contributed by atoms with Gasteiger partial charge in [-0.2, -0.15) is 10.4 Å². The van der Waals surface area contributed by atoms with Gasteiger partial charge in [0.05, 0.1) is 5.69 Å². The molecule has 2 aliphatic heterocycles. The Labute approximate surface area is 208 Å². The van der Waals surface area contributed by atoms with Crippen LogP contribution in [0.3, 0.4) is 0 Å². The van der Waals surface area contributed by atoms with Crippen LogP contribution in [-0.2, 0) is 9.59 Å². The molecule has 5 rings (SSSR count). The van der Waals surface area contributed by atoms with Crippen molar-refractivity contribution in [1.82, 2.24) is 14.7 Å². The van der Waals surface area contributed by atoms with Crippen molar-refractivity contribution in [2.75, 3.05) is 13.2 Å². The van der Waals surface area contributed by atoms with Crippen molar-refractivity contribution >= 4 is 17.9 Å². The number of nitrogens with zero attached hydrogens (tertiary/aromatic N) is 4. The second-order valence-corrected chi connectivity index (χ2v) is 8.82. The zero-order chi connectivity index (χ0) is 25.4. The topological polar surface area (TPSA) is 97.5 Å². The Morgan fingerprint density at radius 2 is 1.75 bits per heavy atom. The molecule has 36 heavy (non-hydrogen) atoms. The van der Waals surface area contributed by atoms with Crippen molar-refractivity contribution in [2.45, 2.75) is 26.8 Å². The molecule has 180 valence electrons. The van der Waals surface area contributed by atoms with Gasteiger partial charge in [0.2, 0.25) is 0 Å². The summed E-state index contributed by atoms with van der Waals surface area (Å²) in [6, 6.07) is 16.8. The van der Waals surface area contributed by atoms with E-state index in [9.17, 15) is 14.9 Å². The van der Waals surface area contributed by atoms with Crippen LogP contribution in [-0.4, -0.2) is 45.8 Å². The predicted octanol–water partition coefficient (Wildman–Crippen LogP) is 4.31. The number of hydrogen-bond donors (Lipinski definition) is 0. The first-order valence-electron chi connectivity index (χ1n) is 11.6. The number of imide groups is 1. The van der Waals surface area contributed by atoms with Gasteiger partial charge in [-0.3, -0.25) is 14.5 Å². The molecule has 0 radical (unpaired) electrons. The van der Waals surface area contributed by atoms with Gasteiger partial charge in [0.1, 0.15) is 30.6 Å². The van der Waals surface area contributed by atoms with Gasteiger partial charge in [-0.25, -0.2) is 4.68 Å². The summed E-state index contributed by atoms with van der Waals surface area (Å²) in [5.41, 5.74) is 3.51. The van der Waals surface area contributed by atoms with E-state index in [0.717, 1.165) is 16.2 Å². The Bertz CT molecular complexity index is 1470. The molecule has 0 bridgehead atoms. The van der Waals surface area contributed by atoms with Gasteiger partial charge in [0.15, 0.2) is 11.5 Å². The average molecular weight is 481 g/mol. The summed E-state index contributed by atoms with van der Waals surface area (Å²) in [6.07, 6.45) is 3.53. The highest BCUT2D eigenvalue weighted by Gasteiger charge is 2.37. The Hall–Kier alpha value is -4.64. The number of amides is 2. The molecule has 1 aromatic heterocycles. The molecule has 3 heterocycles. The number of nitriles is 1. The van der Waals surface area contributed by atoms with Crippen molar-refractivity contribution < 1.29 is 19.1 Å². The molecule has 8 nitrogen and oxygen atoms in total. The summed E-state index contributed by atoms with van der Waals surface area (Å²) in [6.45, 7) is 6.07. The molecule has 0 saturated carbocycles. The lowest BCUT2D eigenvalue weighted by atomic mass is 9.92. The summed E-state index contributed by atoms with van der Waals surface area (Å²) >= 11 is 0. The minimum absolute atomic E-state index is 0.0362. The van der Waals surface area contributed by atoms with Crippen LogP contribution in [0.5, 0.6) is 11.5 Å². The number of aromatic nitrogens is 2. The molecule has 0 aliphatic carbocycles. The highest BCUT2D eigenvalue weighted by molar-refractivity contribution is 6.20. The van der Waals surface area contributed by atoms with Crippen LogP contribution in [0, 0.1) is 11.3 Å². The molecule has 0 spiro atoms. The van der Waals surface area contributed by atoms with E-state index in [0.29, 0.717) is 41.5 Å². The monoisotopic (exact) mass is 480 g/mol. The summed E-state index contributed by atoms with van der Waals surface area (Å²) in [5.74, 6) is 0.282. The second kappa shape index (κ2) is 9.19. The minimum atomic E-state index is -0.570. The van der Waals surface area contributed by atoms with Crippen molar-refractivity contribution in [3.8, 4) is 34.5 Å². The van der Waals surface area contributed by atoms with Crippen LogP contribution in [0.15, 0.2) is 71.4 Å². The highest BCUT2D eigenvalue weighted by Crippen LogP contribution is 2.37. The number of para-hydroxylation sites is 1. The SMILES string of the molecule is CC1=C(C#N)C(=O)N(C(C)C)C(=O)/C1=C/c1cn(-c2ccccc2)nc1-c1ccc2c(c1)OCCO2. The zero-order valence-electron chi connectivity index (χ0n) is 20.2. The van der Waals surface area contributed by atoms with Crippen LogP contribution in [0.1, 0.15) is 26.3 Å². The molecule has 0 saturated heterocycles. The lowest BCUT2D eigenvalue weighted by molar-refractivity contribution is -0.142. The van der Waals surface area contributed by atoms with Gasteiger partial charge in [0.25, 0.3) is 11.8 Å². The number of hydrogen-bond acceptors (Lipinski definition) is 6. The minimum Gasteiger partial charge on any atom is -0.486 e. The second-order valence-electron chi connectivity index (χ2n) is 8.82. The van der Waals surface area contributed by atoms with Crippen LogP contribution in [0.2, 0.25) is 0 Å². The van der Waals surface area contributed by atoms with E-state index >= 15 is 0 Å². The first-order chi connectivity index (χ1) is 17.4. The number of rotatable bonds is 4. The van der Waals surface area contributed by atoms with Gasteiger partial charge in [-0.05, 0) is 62.8 Å². The third-order valence-electron chi connectivity index (χ3n) is 6.17. The van der Waals surface area contributed by atoms with E-state index in [1.54, 1.807) is 31.5 Å². The van der Waals surface area contributed by atoms with Gasteiger partial charge in [0, 0.05) is 28.9 Å². The number of carbonyl (C=O) groups is 2. The van der Waals surface area contributed by atoms with Gasteiger partial charge in [-0.1, -0.05) is 18.2 Å². The maximum absolute atomic E-state index is 13.4. The molecule has 3 aromatic rings. The van der Waals surface area contributed by atoms with Crippen LogP contribution in [0.4, 0.5) is 0 Å². The average Bonchev–Trinajstić information content (AvgIpc) is 3.31. The smallest absolute Gasteiger partial charge is 0.271 e. The number of ether oxygens (including phenoxy) is 2. The van der Waals surface area contributed by atoms with Crippen molar-refractivity contribution in [1.29, 1.82) is 5.26 Å². The molecular formula is C28H24N4O4. The molecule has 0 atom stereocenters. The lowest BCUT2D eigenvalue weighted by Crippen LogP contribution is -2.46. The van der Waals surface area contributed by atoms with E-state index in [4.69, 9.17) is 14.6 Å². The highest BCUT2D eigenvalue weighted by atomic mass is 16.6. The number of benzene rings is 2. The molecular weight excluding hydrogens is 456 g/mol. The molecule has 0 unspecified atom stereocenters. The maximum atomic E-state index is 13.4. The van der Waals surface area contributed by atoms with E-state index in [2.05, 4.69) is 0 Å². The fraction of sp³-hybridized carbons (Fsp3) is 0.214. The molecule has 8 heteroatoms.